The zero-order valence-electron chi connectivity index (χ0n) is 21.3. The molecule has 1 aliphatic rings. The summed E-state index contributed by atoms with van der Waals surface area (Å²) >= 11 is 0. The largest absolute Gasteiger partial charge is 0.488 e. The van der Waals surface area contributed by atoms with Crippen LogP contribution >= 0.6 is 0 Å². The van der Waals surface area contributed by atoms with E-state index in [2.05, 4.69) is 28.8 Å². The standard InChI is InChI=1S/C30H31F3N4O/c1-21-10-11-29(38-20-22-6-5-9-24(17-22)30(31,32)33)26(16-21)27-18-28(23-7-3-2-4-8-23)37(36-27)15-14-35-25-12-13-34-19-25/h2-11,16-18,25,34-35H,12-15,19-20H2,1H3/t25-/m1/s1. The molecule has 8 heteroatoms. The number of hydrogen-bond donors (Lipinski definition) is 2. The molecule has 0 spiro atoms. The highest BCUT2D eigenvalue weighted by Crippen LogP contribution is 2.34. The van der Waals surface area contributed by atoms with Gasteiger partial charge in [0, 0.05) is 24.7 Å². The number of ether oxygens (including phenoxy) is 1. The van der Waals surface area contributed by atoms with Gasteiger partial charge in [-0.1, -0.05) is 54.1 Å². The normalized spacial score (nSPS) is 15.6. The molecule has 1 aliphatic heterocycles. The summed E-state index contributed by atoms with van der Waals surface area (Å²) in [6.07, 6.45) is -3.28. The van der Waals surface area contributed by atoms with E-state index in [9.17, 15) is 13.2 Å². The van der Waals surface area contributed by atoms with Crippen LogP contribution in [-0.2, 0) is 19.3 Å². The quantitative estimate of drug-likeness (QED) is 0.281. The van der Waals surface area contributed by atoms with Crippen LogP contribution in [0.5, 0.6) is 5.75 Å². The maximum atomic E-state index is 13.2. The topological polar surface area (TPSA) is 51.1 Å². The monoisotopic (exact) mass is 520 g/mol. The third-order valence-electron chi connectivity index (χ3n) is 6.73. The molecule has 0 amide bonds. The van der Waals surface area contributed by atoms with Crippen molar-refractivity contribution in [1.29, 1.82) is 0 Å². The van der Waals surface area contributed by atoms with Crippen molar-refractivity contribution in [2.45, 2.75) is 38.7 Å². The van der Waals surface area contributed by atoms with Crippen LogP contribution in [-0.4, -0.2) is 35.5 Å². The highest BCUT2D eigenvalue weighted by Gasteiger charge is 2.30. The molecule has 1 saturated heterocycles. The predicted molar refractivity (Wildman–Crippen MR) is 143 cm³/mol. The minimum Gasteiger partial charge on any atom is -0.488 e. The van der Waals surface area contributed by atoms with Crippen LogP contribution in [0.15, 0.2) is 78.9 Å². The first-order valence-electron chi connectivity index (χ1n) is 12.8. The molecule has 5 nitrogen and oxygen atoms in total. The van der Waals surface area contributed by atoms with Gasteiger partial charge in [0.05, 0.1) is 23.5 Å². The smallest absolute Gasteiger partial charge is 0.416 e. The maximum Gasteiger partial charge on any atom is 0.416 e. The first kappa shape index (κ1) is 26.0. The van der Waals surface area contributed by atoms with Gasteiger partial charge < -0.3 is 15.4 Å². The minimum atomic E-state index is -4.39. The Labute approximate surface area is 220 Å². The number of nitrogens with zero attached hydrogens (tertiary/aromatic N) is 2. The van der Waals surface area contributed by atoms with E-state index in [4.69, 9.17) is 9.84 Å². The lowest BCUT2D eigenvalue weighted by Crippen LogP contribution is -2.33. The second-order valence-corrected chi connectivity index (χ2v) is 9.63. The average molecular weight is 521 g/mol. The van der Waals surface area contributed by atoms with Gasteiger partial charge >= 0.3 is 6.18 Å². The molecule has 4 aromatic rings. The molecule has 1 aromatic heterocycles. The lowest BCUT2D eigenvalue weighted by molar-refractivity contribution is -0.137. The Morgan fingerprint density at radius 2 is 1.87 bits per heavy atom. The Kier molecular flexibility index (Phi) is 7.81. The Morgan fingerprint density at radius 3 is 2.63 bits per heavy atom. The fraction of sp³-hybridized carbons (Fsp3) is 0.300. The fourth-order valence-electron chi connectivity index (χ4n) is 4.73. The highest BCUT2D eigenvalue weighted by atomic mass is 19.4. The summed E-state index contributed by atoms with van der Waals surface area (Å²) in [5.74, 6) is 0.576. The molecule has 198 valence electrons. The highest BCUT2D eigenvalue weighted by molar-refractivity contribution is 5.73. The molecular weight excluding hydrogens is 489 g/mol. The van der Waals surface area contributed by atoms with E-state index in [0.29, 0.717) is 23.9 Å². The van der Waals surface area contributed by atoms with Gasteiger partial charge in [-0.05, 0) is 61.3 Å². The number of aromatic nitrogens is 2. The van der Waals surface area contributed by atoms with Crippen molar-refractivity contribution in [3.63, 3.8) is 0 Å². The molecular formula is C30H31F3N4O. The van der Waals surface area contributed by atoms with Crippen LogP contribution in [0.2, 0.25) is 0 Å². The van der Waals surface area contributed by atoms with Gasteiger partial charge in [0.15, 0.2) is 0 Å². The summed E-state index contributed by atoms with van der Waals surface area (Å²) < 4.78 is 47.6. The predicted octanol–water partition coefficient (Wildman–Crippen LogP) is 6.07. The molecule has 3 aromatic carbocycles. The van der Waals surface area contributed by atoms with Gasteiger partial charge in [-0.25, -0.2) is 0 Å². The summed E-state index contributed by atoms with van der Waals surface area (Å²) in [5.41, 5.74) is 4.43. The molecule has 1 atom stereocenters. The number of benzene rings is 3. The van der Waals surface area contributed by atoms with Crippen molar-refractivity contribution >= 4 is 0 Å². The number of alkyl halides is 3. The van der Waals surface area contributed by atoms with Gasteiger partial charge in [0.25, 0.3) is 0 Å². The Morgan fingerprint density at radius 1 is 1.03 bits per heavy atom. The van der Waals surface area contributed by atoms with E-state index >= 15 is 0 Å². The number of halogens is 3. The van der Waals surface area contributed by atoms with Gasteiger partial charge in [0.1, 0.15) is 12.4 Å². The zero-order chi connectivity index (χ0) is 26.5. The van der Waals surface area contributed by atoms with E-state index in [0.717, 1.165) is 66.3 Å². The lowest BCUT2D eigenvalue weighted by atomic mass is 10.1. The summed E-state index contributed by atoms with van der Waals surface area (Å²) in [6.45, 7) is 5.52. The van der Waals surface area contributed by atoms with Crippen molar-refractivity contribution in [3.8, 4) is 28.3 Å². The molecule has 0 radical (unpaired) electrons. The Balaban J connectivity index is 1.41. The Hall–Kier alpha value is -3.62. The molecule has 0 bridgehead atoms. The van der Waals surface area contributed by atoms with Crippen LogP contribution in [0.1, 0.15) is 23.1 Å². The number of nitrogens with one attached hydrogen (secondary N) is 2. The van der Waals surface area contributed by atoms with Crippen molar-refractivity contribution < 1.29 is 17.9 Å². The van der Waals surface area contributed by atoms with Crippen LogP contribution in [0.3, 0.4) is 0 Å². The maximum absolute atomic E-state index is 13.2. The summed E-state index contributed by atoms with van der Waals surface area (Å²) in [5, 5.41) is 11.9. The molecule has 2 N–H and O–H groups in total. The fourth-order valence-corrected chi connectivity index (χ4v) is 4.73. The van der Waals surface area contributed by atoms with E-state index in [1.165, 1.54) is 6.07 Å². The first-order chi connectivity index (χ1) is 18.4. The van der Waals surface area contributed by atoms with Crippen LogP contribution < -0.4 is 15.4 Å². The Bertz CT molecular complexity index is 1360. The zero-order valence-corrected chi connectivity index (χ0v) is 21.3. The summed E-state index contributed by atoms with van der Waals surface area (Å²) in [6, 6.07) is 23.7. The van der Waals surface area contributed by atoms with Gasteiger partial charge in [0.2, 0.25) is 0 Å². The average Bonchev–Trinajstić information content (AvgIpc) is 3.59. The van der Waals surface area contributed by atoms with Crippen molar-refractivity contribution in [3.05, 3.63) is 95.6 Å². The second kappa shape index (κ2) is 11.4. The summed E-state index contributed by atoms with van der Waals surface area (Å²) in [7, 11) is 0. The van der Waals surface area contributed by atoms with Crippen LogP contribution in [0, 0.1) is 6.92 Å². The van der Waals surface area contributed by atoms with E-state index in [-0.39, 0.29) is 6.61 Å². The second-order valence-electron chi connectivity index (χ2n) is 9.63. The van der Waals surface area contributed by atoms with E-state index in [1.807, 2.05) is 48.0 Å². The summed E-state index contributed by atoms with van der Waals surface area (Å²) in [4.78, 5) is 0. The molecule has 0 saturated carbocycles. The molecule has 1 fully saturated rings. The van der Waals surface area contributed by atoms with Gasteiger partial charge in [-0.3, -0.25) is 4.68 Å². The van der Waals surface area contributed by atoms with Gasteiger partial charge in [-0.2, -0.15) is 18.3 Å². The first-order valence-corrected chi connectivity index (χ1v) is 12.8. The molecule has 2 heterocycles. The molecule has 5 rings (SSSR count). The number of aryl methyl sites for hydroxylation is 1. The molecule has 0 unspecified atom stereocenters. The molecule has 38 heavy (non-hydrogen) atoms. The third kappa shape index (κ3) is 6.26. The lowest BCUT2D eigenvalue weighted by Gasteiger charge is -2.13. The minimum absolute atomic E-state index is 0.0194. The SMILES string of the molecule is Cc1ccc(OCc2cccc(C(F)(F)F)c2)c(-c2cc(-c3ccccc3)n(CCN[C@@H]3CCNC3)n2)c1. The van der Waals surface area contributed by atoms with E-state index in [1.54, 1.807) is 6.07 Å². The third-order valence-corrected chi connectivity index (χ3v) is 6.73. The number of rotatable bonds is 9. The van der Waals surface area contributed by atoms with E-state index < -0.39 is 11.7 Å². The molecule has 0 aliphatic carbocycles. The van der Waals surface area contributed by atoms with Crippen molar-refractivity contribution in [1.82, 2.24) is 20.4 Å². The van der Waals surface area contributed by atoms with Gasteiger partial charge in [-0.15, -0.1) is 0 Å². The van der Waals surface area contributed by atoms with Crippen LogP contribution in [0.4, 0.5) is 13.2 Å². The number of hydrogen-bond acceptors (Lipinski definition) is 4. The van der Waals surface area contributed by atoms with Crippen molar-refractivity contribution in [2.24, 2.45) is 0 Å². The van der Waals surface area contributed by atoms with Crippen LogP contribution in [0.25, 0.3) is 22.5 Å². The van der Waals surface area contributed by atoms with Crippen molar-refractivity contribution in [2.75, 3.05) is 19.6 Å².